The molecule has 0 spiro atoms. The Balaban J connectivity index is 2.38. The van der Waals surface area contributed by atoms with Crippen LogP contribution in [-0.2, 0) is 9.53 Å². The number of rotatable bonds is 4. The third kappa shape index (κ3) is 3.70. The van der Waals surface area contributed by atoms with Crippen LogP contribution in [0.1, 0.15) is 0 Å². The predicted octanol–water partition coefficient (Wildman–Crippen LogP) is -0.537. The van der Waals surface area contributed by atoms with Crippen LogP contribution in [0.5, 0.6) is 0 Å². The highest BCUT2D eigenvalue weighted by atomic mass is 32.2. The number of nitriles is 1. The van der Waals surface area contributed by atoms with E-state index in [2.05, 4.69) is 0 Å². The van der Waals surface area contributed by atoms with Crippen molar-refractivity contribution in [2.24, 2.45) is 0 Å². The number of ether oxygens (including phenoxy) is 1. The van der Waals surface area contributed by atoms with Crippen LogP contribution in [0.25, 0.3) is 0 Å². The van der Waals surface area contributed by atoms with Crippen LogP contribution in [0.3, 0.4) is 0 Å². The molecule has 1 rings (SSSR count). The fourth-order valence-electron chi connectivity index (χ4n) is 1.40. The third-order valence-electron chi connectivity index (χ3n) is 2.15. The molecule has 0 aliphatic carbocycles. The number of morpholine rings is 1. The van der Waals surface area contributed by atoms with Gasteiger partial charge in [-0.25, -0.2) is 0 Å². The number of aliphatic hydroxyl groups is 1. The Kier molecular flexibility index (Phi) is 5.47. The highest BCUT2D eigenvalue weighted by molar-refractivity contribution is 8.00. The minimum atomic E-state index is -0.228. The summed E-state index contributed by atoms with van der Waals surface area (Å²) in [4.78, 5) is 13.3. The lowest BCUT2D eigenvalue weighted by Crippen LogP contribution is -2.51. The summed E-state index contributed by atoms with van der Waals surface area (Å²) in [7, 11) is 0. The molecular formula is C9H14N2O3S. The van der Waals surface area contributed by atoms with Gasteiger partial charge < -0.3 is 14.7 Å². The Morgan fingerprint density at radius 3 is 3.20 bits per heavy atom. The van der Waals surface area contributed by atoms with Crippen LogP contribution in [-0.4, -0.2) is 59.8 Å². The zero-order valence-electron chi connectivity index (χ0n) is 8.39. The van der Waals surface area contributed by atoms with Crippen molar-refractivity contribution < 1.29 is 14.6 Å². The number of thioether (sulfide) groups is 1. The maximum atomic E-state index is 11.7. The van der Waals surface area contributed by atoms with Crippen LogP contribution in [0.4, 0.5) is 0 Å². The minimum absolute atomic E-state index is 0.0300. The lowest BCUT2D eigenvalue weighted by atomic mass is 10.2. The van der Waals surface area contributed by atoms with Gasteiger partial charge in [0.15, 0.2) is 0 Å². The topological polar surface area (TPSA) is 73.6 Å². The van der Waals surface area contributed by atoms with Gasteiger partial charge in [-0.3, -0.25) is 4.79 Å². The van der Waals surface area contributed by atoms with Crippen LogP contribution < -0.4 is 0 Å². The Labute approximate surface area is 93.0 Å². The molecule has 15 heavy (non-hydrogen) atoms. The van der Waals surface area contributed by atoms with E-state index in [-0.39, 0.29) is 18.6 Å². The van der Waals surface area contributed by atoms with Crippen LogP contribution >= 0.6 is 11.8 Å². The molecule has 0 aromatic rings. The van der Waals surface area contributed by atoms with E-state index in [9.17, 15) is 4.79 Å². The molecule has 6 heteroatoms. The van der Waals surface area contributed by atoms with Gasteiger partial charge in [-0.1, -0.05) is 0 Å². The summed E-state index contributed by atoms with van der Waals surface area (Å²) < 4.78 is 5.17. The summed E-state index contributed by atoms with van der Waals surface area (Å²) in [6, 6.07) is 1.74. The highest BCUT2D eigenvalue weighted by Crippen LogP contribution is 2.09. The first-order valence-electron chi connectivity index (χ1n) is 4.72. The van der Waals surface area contributed by atoms with Gasteiger partial charge >= 0.3 is 0 Å². The molecule has 1 N–H and O–H groups in total. The van der Waals surface area contributed by atoms with Gasteiger partial charge in [0.2, 0.25) is 5.91 Å². The molecule has 1 aliphatic rings. The number of hydrogen-bond donors (Lipinski definition) is 1. The van der Waals surface area contributed by atoms with Gasteiger partial charge in [0.1, 0.15) is 0 Å². The van der Waals surface area contributed by atoms with Gasteiger partial charge in [0, 0.05) is 6.54 Å². The Hall–Kier alpha value is -0.770. The summed E-state index contributed by atoms with van der Waals surface area (Å²) in [5, 5.41) is 17.4. The average Bonchev–Trinajstić information content (AvgIpc) is 2.29. The standard InChI is InChI=1S/C9H14N2O3S/c10-1-4-15-7-9(13)11-2-3-14-6-8(11)5-12/h8,12H,2-7H2. The third-order valence-corrected chi connectivity index (χ3v) is 2.94. The van der Waals surface area contributed by atoms with Crippen molar-refractivity contribution in [3.8, 4) is 6.07 Å². The van der Waals surface area contributed by atoms with Gasteiger partial charge in [0.25, 0.3) is 0 Å². The first-order valence-corrected chi connectivity index (χ1v) is 5.87. The van der Waals surface area contributed by atoms with E-state index in [1.165, 1.54) is 11.8 Å². The molecule has 0 bridgehead atoms. The van der Waals surface area contributed by atoms with Crippen molar-refractivity contribution in [3.05, 3.63) is 0 Å². The number of hydrogen-bond acceptors (Lipinski definition) is 5. The number of nitrogens with zero attached hydrogens (tertiary/aromatic N) is 2. The molecule has 1 fully saturated rings. The summed E-state index contributed by atoms with van der Waals surface area (Å²) in [6.45, 7) is 1.36. The van der Waals surface area contributed by atoms with E-state index in [1.54, 1.807) is 4.90 Å². The van der Waals surface area contributed by atoms with Gasteiger partial charge in [0.05, 0.1) is 43.4 Å². The second kappa shape index (κ2) is 6.67. The molecule has 1 aliphatic heterocycles. The second-order valence-corrected chi connectivity index (χ2v) is 4.13. The van der Waals surface area contributed by atoms with E-state index in [0.717, 1.165) is 0 Å². The Morgan fingerprint density at radius 1 is 1.73 bits per heavy atom. The smallest absolute Gasteiger partial charge is 0.233 e. The zero-order chi connectivity index (χ0) is 11.1. The van der Waals surface area contributed by atoms with Gasteiger partial charge in [-0.2, -0.15) is 5.26 Å². The van der Waals surface area contributed by atoms with Crippen molar-refractivity contribution in [2.45, 2.75) is 6.04 Å². The fourth-order valence-corrected chi connectivity index (χ4v) is 1.94. The largest absolute Gasteiger partial charge is 0.394 e. The van der Waals surface area contributed by atoms with Crippen LogP contribution in [0.2, 0.25) is 0 Å². The first-order chi connectivity index (χ1) is 7.29. The van der Waals surface area contributed by atoms with Crippen LogP contribution in [0, 0.1) is 11.3 Å². The zero-order valence-corrected chi connectivity index (χ0v) is 9.20. The maximum Gasteiger partial charge on any atom is 0.233 e. The summed E-state index contributed by atoms with van der Waals surface area (Å²) in [5.41, 5.74) is 0. The lowest BCUT2D eigenvalue weighted by Gasteiger charge is -2.34. The molecule has 0 saturated carbocycles. The van der Waals surface area contributed by atoms with Crippen molar-refractivity contribution in [1.29, 1.82) is 5.26 Å². The van der Waals surface area contributed by atoms with Gasteiger partial charge in [-0.15, -0.1) is 11.8 Å². The number of amides is 1. The predicted molar refractivity (Wildman–Crippen MR) is 56.3 cm³/mol. The fraction of sp³-hybridized carbons (Fsp3) is 0.778. The highest BCUT2D eigenvalue weighted by Gasteiger charge is 2.26. The molecule has 0 aromatic heterocycles. The molecule has 0 radical (unpaired) electrons. The molecule has 1 saturated heterocycles. The van der Waals surface area contributed by atoms with Crippen molar-refractivity contribution >= 4 is 17.7 Å². The summed E-state index contributed by atoms with van der Waals surface area (Å²) in [5.74, 6) is 0.585. The SMILES string of the molecule is N#CCSCC(=O)N1CCOCC1CO. The lowest BCUT2D eigenvalue weighted by molar-refractivity contribution is -0.138. The average molecular weight is 230 g/mol. The molecule has 1 atom stereocenters. The molecule has 84 valence electrons. The van der Waals surface area contributed by atoms with Gasteiger partial charge in [-0.05, 0) is 0 Å². The van der Waals surface area contributed by atoms with E-state index >= 15 is 0 Å². The van der Waals surface area contributed by atoms with Crippen molar-refractivity contribution in [3.63, 3.8) is 0 Å². The molecule has 1 amide bonds. The molecule has 5 nitrogen and oxygen atoms in total. The minimum Gasteiger partial charge on any atom is -0.394 e. The summed E-state index contributed by atoms with van der Waals surface area (Å²) in [6.07, 6.45) is 0. The number of carbonyl (C=O) groups excluding carboxylic acids is 1. The maximum absolute atomic E-state index is 11.7. The molecule has 1 unspecified atom stereocenters. The normalized spacial score (nSPS) is 21.1. The monoisotopic (exact) mass is 230 g/mol. The molecule has 1 heterocycles. The van der Waals surface area contributed by atoms with E-state index in [4.69, 9.17) is 15.1 Å². The van der Waals surface area contributed by atoms with E-state index in [0.29, 0.717) is 31.3 Å². The van der Waals surface area contributed by atoms with E-state index in [1.807, 2.05) is 6.07 Å². The Morgan fingerprint density at radius 2 is 2.53 bits per heavy atom. The first kappa shape index (κ1) is 12.3. The van der Waals surface area contributed by atoms with Crippen LogP contribution in [0.15, 0.2) is 0 Å². The Bertz CT molecular complexity index is 254. The van der Waals surface area contributed by atoms with Crippen molar-refractivity contribution in [2.75, 3.05) is 37.9 Å². The quantitative estimate of drug-likeness (QED) is 0.657. The number of carbonyl (C=O) groups is 1. The number of aliphatic hydroxyl groups excluding tert-OH is 1. The summed E-state index contributed by atoms with van der Waals surface area (Å²) >= 11 is 1.29. The molecule has 0 aromatic carbocycles. The van der Waals surface area contributed by atoms with Crippen molar-refractivity contribution in [1.82, 2.24) is 4.90 Å². The molecular weight excluding hydrogens is 216 g/mol. The van der Waals surface area contributed by atoms with E-state index < -0.39 is 0 Å². The second-order valence-electron chi connectivity index (χ2n) is 3.15.